The van der Waals surface area contributed by atoms with E-state index in [0.29, 0.717) is 13.0 Å². The van der Waals surface area contributed by atoms with Crippen LogP contribution >= 0.6 is 0 Å². The van der Waals surface area contributed by atoms with Crippen molar-refractivity contribution < 1.29 is 14.6 Å². The summed E-state index contributed by atoms with van der Waals surface area (Å²) in [5, 5.41) is 20.0. The number of hydrogen-bond acceptors (Lipinski definition) is 5. The summed E-state index contributed by atoms with van der Waals surface area (Å²) in [4.78, 5) is 12.0. The molecular formula is C34H37N3O3. The molecule has 2 atom stereocenters. The molecule has 0 heterocycles. The molecule has 2 unspecified atom stereocenters. The fraction of sp³-hybridized carbons (Fsp3) is 0.206. The lowest BCUT2D eigenvalue weighted by Gasteiger charge is -2.20. The normalized spacial score (nSPS) is 12.2. The number of carbonyl (C=O) groups is 1. The van der Waals surface area contributed by atoms with E-state index in [-0.39, 0.29) is 24.6 Å². The number of ether oxygens (including phenoxy) is 1. The fourth-order valence-corrected chi connectivity index (χ4v) is 4.35. The molecule has 0 saturated heterocycles. The van der Waals surface area contributed by atoms with E-state index in [9.17, 15) is 9.90 Å². The highest BCUT2D eigenvalue weighted by atomic mass is 16.5. The number of benzene rings is 5. The average molecular weight is 536 g/mol. The van der Waals surface area contributed by atoms with Crippen LogP contribution in [-0.4, -0.2) is 36.2 Å². The first-order valence-electron chi connectivity index (χ1n) is 13.6. The van der Waals surface area contributed by atoms with Crippen molar-refractivity contribution in [3.63, 3.8) is 0 Å². The Morgan fingerprint density at radius 2 is 1.30 bits per heavy atom. The van der Waals surface area contributed by atoms with Crippen LogP contribution in [-0.2, 0) is 4.79 Å². The first-order valence-corrected chi connectivity index (χ1v) is 13.6. The molecule has 0 bridgehead atoms. The second-order valence-electron chi connectivity index (χ2n) is 9.67. The molecule has 6 nitrogen and oxygen atoms in total. The zero-order chi connectivity index (χ0) is 28.2. The number of hydrogen-bond donors (Lipinski definition) is 4. The molecule has 0 spiro atoms. The SMILES string of the molecule is CC(Nc1ccccc1)C(=O)NC(CO)CCCN.c1ccc2cc(Oc3ccc4ccccc4c3)ccc2c1. The van der Waals surface area contributed by atoms with Crippen LogP contribution < -0.4 is 21.1 Å². The van der Waals surface area contributed by atoms with Gasteiger partial charge in [0.05, 0.1) is 12.6 Å². The maximum absolute atomic E-state index is 12.0. The van der Waals surface area contributed by atoms with Crippen molar-refractivity contribution in [1.29, 1.82) is 0 Å². The van der Waals surface area contributed by atoms with E-state index in [1.165, 1.54) is 21.5 Å². The summed E-state index contributed by atoms with van der Waals surface area (Å²) in [5.74, 6) is 1.60. The van der Waals surface area contributed by atoms with E-state index in [4.69, 9.17) is 10.5 Å². The van der Waals surface area contributed by atoms with Gasteiger partial charge in [0, 0.05) is 5.69 Å². The molecule has 0 aliphatic carbocycles. The molecule has 0 aliphatic rings. The lowest BCUT2D eigenvalue weighted by Crippen LogP contribution is -2.45. The van der Waals surface area contributed by atoms with Gasteiger partial charge in [0.25, 0.3) is 0 Å². The number of fused-ring (bicyclic) bond motifs is 2. The highest BCUT2D eigenvalue weighted by molar-refractivity contribution is 5.85. The van der Waals surface area contributed by atoms with Gasteiger partial charge in [-0.15, -0.1) is 0 Å². The molecule has 5 rings (SSSR count). The number of carbonyl (C=O) groups excluding carboxylic acids is 1. The number of amides is 1. The monoisotopic (exact) mass is 535 g/mol. The summed E-state index contributed by atoms with van der Waals surface area (Å²) in [6, 6.07) is 37.9. The van der Waals surface area contributed by atoms with Crippen LogP contribution in [0.4, 0.5) is 5.69 Å². The van der Waals surface area contributed by atoms with Gasteiger partial charge in [-0.25, -0.2) is 0 Å². The van der Waals surface area contributed by atoms with Crippen LogP contribution in [0.3, 0.4) is 0 Å². The Labute approximate surface area is 235 Å². The molecule has 1 amide bonds. The zero-order valence-electron chi connectivity index (χ0n) is 22.8. The second kappa shape index (κ2) is 14.7. The van der Waals surface area contributed by atoms with Gasteiger partial charge < -0.3 is 26.2 Å². The largest absolute Gasteiger partial charge is 0.457 e. The van der Waals surface area contributed by atoms with Crippen molar-refractivity contribution in [3.8, 4) is 11.5 Å². The molecular weight excluding hydrogens is 498 g/mol. The molecule has 5 aromatic carbocycles. The summed E-state index contributed by atoms with van der Waals surface area (Å²) in [6.07, 6.45) is 1.47. The minimum Gasteiger partial charge on any atom is -0.457 e. The van der Waals surface area contributed by atoms with E-state index < -0.39 is 0 Å². The Morgan fingerprint density at radius 3 is 1.82 bits per heavy atom. The van der Waals surface area contributed by atoms with Gasteiger partial charge in [-0.2, -0.15) is 0 Å². The molecule has 40 heavy (non-hydrogen) atoms. The third-order valence-electron chi connectivity index (χ3n) is 6.55. The summed E-state index contributed by atoms with van der Waals surface area (Å²) in [7, 11) is 0. The van der Waals surface area contributed by atoms with Crippen molar-refractivity contribution in [2.45, 2.75) is 31.8 Å². The Hall–Kier alpha value is -4.39. The third kappa shape index (κ3) is 8.30. The van der Waals surface area contributed by atoms with Gasteiger partial charge in [-0.3, -0.25) is 4.79 Å². The lowest BCUT2D eigenvalue weighted by atomic mass is 10.1. The summed E-state index contributed by atoms with van der Waals surface area (Å²) >= 11 is 0. The van der Waals surface area contributed by atoms with Crippen LogP contribution in [0.5, 0.6) is 11.5 Å². The molecule has 0 aromatic heterocycles. The second-order valence-corrected chi connectivity index (χ2v) is 9.67. The van der Waals surface area contributed by atoms with E-state index >= 15 is 0 Å². The van der Waals surface area contributed by atoms with Crippen molar-refractivity contribution in [2.75, 3.05) is 18.5 Å². The number of rotatable bonds is 10. The van der Waals surface area contributed by atoms with Crippen molar-refractivity contribution >= 4 is 33.1 Å². The van der Waals surface area contributed by atoms with Crippen LogP contribution in [0, 0.1) is 0 Å². The standard InChI is InChI=1S/C20H14O.C14H23N3O2/c1-3-7-17-13-19(11-9-15(17)5-1)21-20-12-10-16-6-2-4-8-18(16)14-20;1-11(16-12-6-3-2-4-7-12)14(19)17-13(10-18)8-5-9-15/h1-14H;2-4,6-7,11,13,16,18H,5,8-10,15H2,1H3,(H,17,19). The van der Waals surface area contributed by atoms with Gasteiger partial charge in [-0.1, -0.05) is 78.9 Å². The first kappa shape index (κ1) is 28.6. The fourth-order valence-electron chi connectivity index (χ4n) is 4.35. The number of nitrogens with one attached hydrogen (secondary N) is 2. The van der Waals surface area contributed by atoms with Crippen LogP contribution in [0.25, 0.3) is 21.5 Å². The quantitative estimate of drug-likeness (QED) is 0.164. The Morgan fingerprint density at radius 1 is 0.775 bits per heavy atom. The van der Waals surface area contributed by atoms with Crippen molar-refractivity contribution in [1.82, 2.24) is 5.32 Å². The highest BCUT2D eigenvalue weighted by Crippen LogP contribution is 2.28. The molecule has 5 N–H and O–H groups in total. The minimum atomic E-state index is -0.352. The number of para-hydroxylation sites is 1. The number of aliphatic hydroxyl groups excluding tert-OH is 1. The maximum atomic E-state index is 12.0. The smallest absolute Gasteiger partial charge is 0.242 e. The molecule has 0 radical (unpaired) electrons. The molecule has 6 heteroatoms. The molecule has 0 aliphatic heterocycles. The number of anilines is 1. The summed E-state index contributed by atoms with van der Waals surface area (Å²) in [6.45, 7) is 2.29. The van der Waals surface area contributed by atoms with Crippen LogP contribution in [0.15, 0.2) is 115 Å². The molecule has 0 fully saturated rings. The van der Waals surface area contributed by atoms with Crippen LogP contribution in [0.1, 0.15) is 19.8 Å². The number of nitrogens with two attached hydrogens (primary N) is 1. The van der Waals surface area contributed by atoms with Gasteiger partial charge >= 0.3 is 0 Å². The topological polar surface area (TPSA) is 96.6 Å². The minimum absolute atomic E-state index is 0.0657. The molecule has 0 saturated carbocycles. The Balaban J connectivity index is 0.000000186. The van der Waals surface area contributed by atoms with Crippen LogP contribution in [0.2, 0.25) is 0 Å². The Bertz CT molecular complexity index is 1430. The van der Waals surface area contributed by atoms with E-state index in [1.807, 2.05) is 66.7 Å². The van der Waals surface area contributed by atoms with E-state index in [1.54, 1.807) is 6.92 Å². The predicted molar refractivity (Wildman–Crippen MR) is 165 cm³/mol. The average Bonchev–Trinajstić information content (AvgIpc) is 3.00. The molecule has 5 aromatic rings. The van der Waals surface area contributed by atoms with Crippen molar-refractivity contribution in [3.05, 3.63) is 115 Å². The predicted octanol–water partition coefficient (Wildman–Crippen LogP) is 6.49. The van der Waals surface area contributed by atoms with Gasteiger partial charge in [0.15, 0.2) is 0 Å². The zero-order valence-corrected chi connectivity index (χ0v) is 22.8. The van der Waals surface area contributed by atoms with Gasteiger partial charge in [0.1, 0.15) is 17.5 Å². The van der Waals surface area contributed by atoms with E-state index in [0.717, 1.165) is 23.6 Å². The third-order valence-corrected chi connectivity index (χ3v) is 6.55. The van der Waals surface area contributed by atoms with Gasteiger partial charge in [-0.05, 0) is 84.3 Å². The molecule has 206 valence electrons. The first-order chi connectivity index (χ1) is 19.6. The lowest BCUT2D eigenvalue weighted by molar-refractivity contribution is -0.122. The van der Waals surface area contributed by atoms with Gasteiger partial charge in [0.2, 0.25) is 5.91 Å². The summed E-state index contributed by atoms with van der Waals surface area (Å²) in [5.41, 5.74) is 6.31. The highest BCUT2D eigenvalue weighted by Gasteiger charge is 2.16. The number of aliphatic hydroxyl groups is 1. The maximum Gasteiger partial charge on any atom is 0.242 e. The Kier molecular flexibility index (Phi) is 10.5. The summed E-state index contributed by atoms with van der Waals surface area (Å²) < 4.78 is 5.99. The van der Waals surface area contributed by atoms with E-state index in [2.05, 4.69) is 59.2 Å². The van der Waals surface area contributed by atoms with Crippen molar-refractivity contribution in [2.24, 2.45) is 5.73 Å².